The quantitative estimate of drug-likeness (QED) is 0.232. The first-order chi connectivity index (χ1) is 46.8. The van der Waals surface area contributed by atoms with E-state index in [9.17, 15) is 59.9 Å². The van der Waals surface area contributed by atoms with Crippen LogP contribution in [-0.2, 0) is 80.0 Å². The molecule has 5 fully saturated rings. The third-order valence-electron chi connectivity index (χ3n) is 21.0. The minimum atomic E-state index is -4.78. The van der Waals surface area contributed by atoms with Gasteiger partial charge in [-0.1, -0.05) is 117 Å². The molecular weight excluding hydrogens is 1350 g/mol. The van der Waals surface area contributed by atoms with E-state index in [1.54, 1.807) is 27.7 Å². The van der Waals surface area contributed by atoms with Gasteiger partial charge in [0, 0.05) is 61.9 Å². The number of benzene rings is 1. The largest absolute Gasteiger partial charge is 0.417 e. The van der Waals surface area contributed by atoms with E-state index in [0.717, 1.165) is 63.8 Å². The highest BCUT2D eigenvalue weighted by atomic mass is 35.5. The van der Waals surface area contributed by atoms with Crippen molar-refractivity contribution in [1.82, 2.24) is 60.5 Å². The number of hydrogen-bond acceptors (Lipinski definition) is 14. The van der Waals surface area contributed by atoms with Crippen LogP contribution in [0.3, 0.4) is 0 Å². The highest BCUT2D eigenvalue weighted by molar-refractivity contribution is 7.91. The SMILES string of the molecule is CC[C@H](C)[C@@H]1NC(=O)[C@H](CC(C)C)N(C)C(=O)C[C@@H](C(=O)N2CCS(=O)(=O)CC2)NC(=O)[C@H]([C@@H](C)CC)N(C)C(=O)C2(CCCC2)NC(=O)C2CCCN2C(=O)[C@H](CCc2ccc(C(F)(F)F)c(Cl)c2)NC(=O)CN(C)C(=O)[C@H](CC2CCCCC2)N(C)C(=O)CN(C)C(=O)CN(C)C1=O. The van der Waals surface area contributed by atoms with Gasteiger partial charge in [0.1, 0.15) is 47.8 Å². The fourth-order valence-electron chi connectivity index (χ4n) is 14.3. The fourth-order valence-corrected chi connectivity index (χ4v) is 15.8. The van der Waals surface area contributed by atoms with Gasteiger partial charge in [-0.15, -0.1) is 0 Å². The summed E-state index contributed by atoms with van der Waals surface area (Å²) in [6.07, 6.45) is 0.820. The van der Waals surface area contributed by atoms with Crippen LogP contribution in [0.2, 0.25) is 5.02 Å². The molecule has 3 heterocycles. The lowest BCUT2D eigenvalue weighted by Gasteiger charge is -2.40. The number of carbonyl (C=O) groups is 12. The van der Waals surface area contributed by atoms with Crippen LogP contribution in [0.15, 0.2) is 18.2 Å². The molecule has 0 aromatic heterocycles. The zero-order chi connectivity index (χ0) is 74.5. The number of fused-ring (bicyclic) bond motifs is 1. The minimum Gasteiger partial charge on any atom is -0.343 e. The smallest absolute Gasteiger partial charge is 0.343 e. The second-order valence-electron chi connectivity index (χ2n) is 28.8. The number of halogens is 4. The van der Waals surface area contributed by atoms with Crippen molar-refractivity contribution in [2.24, 2.45) is 23.7 Å². The van der Waals surface area contributed by atoms with E-state index in [-0.39, 0.29) is 82.0 Å². The lowest BCUT2D eigenvalue weighted by atomic mass is 9.84. The van der Waals surface area contributed by atoms with Gasteiger partial charge in [-0.25, -0.2) is 8.42 Å². The molecule has 1 unspecified atom stereocenters. The minimum absolute atomic E-state index is 0.000577. The lowest BCUT2D eigenvalue weighted by molar-refractivity contribution is -0.150. The summed E-state index contributed by atoms with van der Waals surface area (Å²) >= 11 is 6.13. The van der Waals surface area contributed by atoms with E-state index in [4.69, 9.17) is 11.6 Å². The normalized spacial score (nSPS) is 26.6. The van der Waals surface area contributed by atoms with Crippen LogP contribution in [0.4, 0.5) is 13.2 Å². The van der Waals surface area contributed by atoms with Gasteiger partial charge in [0.25, 0.3) is 0 Å². The highest BCUT2D eigenvalue weighted by Gasteiger charge is 2.50. The van der Waals surface area contributed by atoms with E-state index in [1.165, 1.54) is 68.0 Å². The summed E-state index contributed by atoms with van der Waals surface area (Å²) in [5.41, 5.74) is -2.46. The summed E-state index contributed by atoms with van der Waals surface area (Å²) in [6.45, 7) is 8.31. The van der Waals surface area contributed by atoms with Crippen LogP contribution in [0.5, 0.6) is 0 Å². The number of nitrogens with one attached hydrogen (secondary N) is 4. The number of amides is 12. The van der Waals surface area contributed by atoms with Gasteiger partial charge in [-0.3, -0.25) is 57.5 Å². The van der Waals surface area contributed by atoms with Crippen LogP contribution < -0.4 is 21.3 Å². The van der Waals surface area contributed by atoms with E-state index in [2.05, 4.69) is 21.3 Å². The Kier molecular flexibility index (Phi) is 29.2. The molecule has 0 radical (unpaired) electrons. The Hall–Kier alpha value is -7.11. The third-order valence-corrected chi connectivity index (χ3v) is 22.9. The van der Waals surface area contributed by atoms with E-state index < -0.39 is 195 Å². The molecule has 12 amide bonds. The van der Waals surface area contributed by atoms with Crippen LogP contribution in [0.1, 0.15) is 162 Å². The molecular formula is C69H106ClF3N12O14S. The molecule has 5 aliphatic rings. The maximum Gasteiger partial charge on any atom is 0.417 e. The molecule has 9 atom stereocenters. The van der Waals surface area contributed by atoms with Crippen LogP contribution >= 0.6 is 11.6 Å². The number of likely N-dealkylation sites (N-methyl/N-ethyl adjacent to an activating group) is 6. The maximum atomic E-state index is 15.4. The van der Waals surface area contributed by atoms with Crippen molar-refractivity contribution >= 4 is 92.3 Å². The first kappa shape index (κ1) is 81.9. The highest BCUT2D eigenvalue weighted by Crippen LogP contribution is 2.37. The molecule has 0 bridgehead atoms. The molecule has 3 aliphatic heterocycles. The zero-order valence-electron chi connectivity index (χ0n) is 60.2. The van der Waals surface area contributed by atoms with Gasteiger partial charge in [0.15, 0.2) is 9.84 Å². The average molecular weight is 1450 g/mol. The number of hydrogen-bond donors (Lipinski definition) is 4. The Balaban J connectivity index is 1.42. The molecule has 3 saturated heterocycles. The Morgan fingerprint density at radius 3 is 1.84 bits per heavy atom. The summed E-state index contributed by atoms with van der Waals surface area (Å²) in [5, 5.41) is 10.7. The molecule has 2 saturated carbocycles. The molecule has 31 heteroatoms. The predicted octanol–water partition coefficient (Wildman–Crippen LogP) is 3.79. The number of alkyl halides is 3. The second kappa shape index (κ2) is 35.7. The number of rotatable bonds is 12. The van der Waals surface area contributed by atoms with Crippen molar-refractivity contribution < 1.29 is 79.1 Å². The number of carbonyl (C=O) groups excluding carboxylic acids is 12. The Bertz CT molecular complexity index is 3260. The Morgan fingerprint density at radius 2 is 1.25 bits per heavy atom. The molecule has 1 spiro atoms. The van der Waals surface area contributed by atoms with Crippen molar-refractivity contribution in [3.63, 3.8) is 0 Å². The van der Waals surface area contributed by atoms with Gasteiger partial charge >= 0.3 is 6.18 Å². The fraction of sp³-hybridized carbons (Fsp3) is 0.739. The van der Waals surface area contributed by atoms with Crippen molar-refractivity contribution in [2.75, 3.05) is 93.1 Å². The maximum absolute atomic E-state index is 15.4. The average Bonchev–Trinajstić information content (AvgIpc) is 1.51. The van der Waals surface area contributed by atoms with E-state index in [1.807, 2.05) is 13.8 Å². The summed E-state index contributed by atoms with van der Waals surface area (Å²) in [5.74, 6) is -11.1. The summed E-state index contributed by atoms with van der Waals surface area (Å²) in [7, 11) is 4.66. The lowest BCUT2D eigenvalue weighted by Crippen LogP contribution is -2.65. The summed E-state index contributed by atoms with van der Waals surface area (Å²) in [6, 6.07) is -6.32. The van der Waals surface area contributed by atoms with Gasteiger partial charge < -0.3 is 60.5 Å². The van der Waals surface area contributed by atoms with Gasteiger partial charge in [0.05, 0.1) is 48.1 Å². The molecule has 560 valence electrons. The van der Waals surface area contributed by atoms with Gasteiger partial charge in [-0.05, 0) is 92.7 Å². The monoisotopic (exact) mass is 1450 g/mol. The van der Waals surface area contributed by atoms with Crippen LogP contribution in [-0.4, -0.2) is 259 Å². The number of nitrogens with zero attached hydrogens (tertiary/aromatic N) is 8. The predicted molar refractivity (Wildman–Crippen MR) is 367 cm³/mol. The van der Waals surface area contributed by atoms with Crippen molar-refractivity contribution in [2.45, 2.75) is 211 Å². The zero-order valence-corrected chi connectivity index (χ0v) is 61.8. The van der Waals surface area contributed by atoms with E-state index >= 15 is 19.2 Å². The number of aryl methyl sites for hydroxylation is 1. The molecule has 2 aliphatic carbocycles. The topological polar surface area (TPSA) is 313 Å². The first-order valence-corrected chi connectivity index (χ1v) is 37.4. The Morgan fingerprint density at radius 1 is 0.650 bits per heavy atom. The Labute approximate surface area is 591 Å². The number of sulfone groups is 1. The van der Waals surface area contributed by atoms with E-state index in [0.29, 0.717) is 32.1 Å². The van der Waals surface area contributed by atoms with Crippen molar-refractivity contribution in [3.05, 3.63) is 34.3 Å². The molecule has 6 rings (SSSR count). The molecule has 26 nitrogen and oxygen atoms in total. The summed E-state index contributed by atoms with van der Waals surface area (Å²) < 4.78 is 66.8. The van der Waals surface area contributed by atoms with Crippen LogP contribution in [0, 0.1) is 23.7 Å². The van der Waals surface area contributed by atoms with Crippen molar-refractivity contribution in [1.29, 1.82) is 0 Å². The van der Waals surface area contributed by atoms with Gasteiger partial charge in [0.2, 0.25) is 70.9 Å². The molecule has 4 N–H and O–H groups in total. The first-order valence-electron chi connectivity index (χ1n) is 35.2. The standard InChI is InChI=1S/C69H106ClF3N12O14S/c1-13-43(5)58-66(96)80(9)40-56(88)78(7)41-57(89)82(11)53(37-45-21-16-15-17-22-45)65(95)79(8)39-54(86)74-49(27-25-46-24-26-47(48(70)36-46)69(71,72)73)64(94)85-30-20-23-51(85)61(91)77-68(28-18-19-29-68)67(97)83(12)59(44(6)14-2)62(92)75-50(63(93)84-31-33-100(98,99)34-32-84)38-55(87)81(10)52(35-42(3)4)60(90)76-58/h24,26,36,42-45,49-53,58-59H,13-23,25,27-35,37-41H2,1-12H3,(H,74,86)(H,75,92)(H,76,90)(H,77,91)/t43-,44-,49-,50-,51?,52-,53-,58-,59-/m0/s1. The van der Waals surface area contributed by atoms with Crippen LogP contribution in [0.25, 0.3) is 0 Å². The van der Waals surface area contributed by atoms with Crippen molar-refractivity contribution in [3.8, 4) is 0 Å². The third kappa shape index (κ3) is 21.0. The molecule has 1 aromatic rings. The van der Waals surface area contributed by atoms with Gasteiger partial charge in [-0.2, -0.15) is 13.2 Å². The second-order valence-corrected chi connectivity index (χ2v) is 31.6. The summed E-state index contributed by atoms with van der Waals surface area (Å²) in [4.78, 5) is 187. The molecule has 100 heavy (non-hydrogen) atoms. The molecule has 1 aromatic carbocycles.